The second-order valence-corrected chi connectivity index (χ2v) is 8.55. The van der Waals surface area contributed by atoms with Crippen LogP contribution in [-0.4, -0.2) is 64.4 Å². The third-order valence-electron chi connectivity index (χ3n) is 6.32. The molecule has 5 heterocycles. The summed E-state index contributed by atoms with van der Waals surface area (Å²) >= 11 is 0. The first-order chi connectivity index (χ1) is 15.2. The van der Waals surface area contributed by atoms with Crippen molar-refractivity contribution in [1.82, 2.24) is 14.5 Å². The zero-order valence-electron chi connectivity index (χ0n) is 17.4. The maximum atomic E-state index is 13.9. The summed E-state index contributed by atoms with van der Waals surface area (Å²) in [6, 6.07) is 1.08. The SMILES string of the molecule is Cc1cncc(C(=O)CN2c3nc(N4CC5CC4CO5)cc(=O)n3CC[C@H]2C(F)(F)F)c1. The number of nitrogens with zero attached hydrogens (tertiary/aromatic N) is 5. The quantitative estimate of drug-likeness (QED) is 0.660. The highest BCUT2D eigenvalue weighted by molar-refractivity contribution is 5.99. The molecule has 170 valence electrons. The lowest BCUT2D eigenvalue weighted by Crippen LogP contribution is -2.54. The van der Waals surface area contributed by atoms with Crippen molar-refractivity contribution in [3.8, 4) is 0 Å². The van der Waals surface area contributed by atoms with Crippen molar-refractivity contribution in [3.05, 3.63) is 46.0 Å². The normalized spacial score (nSPS) is 24.7. The molecule has 0 saturated carbocycles. The molecule has 0 aliphatic carbocycles. The monoisotopic (exact) mass is 449 g/mol. The van der Waals surface area contributed by atoms with E-state index in [1.807, 2.05) is 4.90 Å². The lowest BCUT2D eigenvalue weighted by atomic mass is 10.1. The fraction of sp³-hybridized carbons (Fsp3) is 0.524. The molecule has 0 amide bonds. The minimum absolute atomic E-state index is 0.0370. The average Bonchev–Trinajstić information content (AvgIpc) is 3.37. The molecule has 0 aromatic carbocycles. The van der Waals surface area contributed by atoms with Crippen LogP contribution >= 0.6 is 0 Å². The van der Waals surface area contributed by atoms with E-state index in [0.29, 0.717) is 19.0 Å². The number of ketones is 1. The first-order valence-electron chi connectivity index (χ1n) is 10.5. The van der Waals surface area contributed by atoms with E-state index < -0.39 is 30.1 Å². The van der Waals surface area contributed by atoms with E-state index in [1.54, 1.807) is 19.2 Å². The summed E-state index contributed by atoms with van der Waals surface area (Å²) in [7, 11) is 0. The van der Waals surface area contributed by atoms with Crippen molar-refractivity contribution in [2.24, 2.45) is 0 Å². The number of halogens is 3. The van der Waals surface area contributed by atoms with Gasteiger partial charge in [-0.15, -0.1) is 0 Å². The van der Waals surface area contributed by atoms with Gasteiger partial charge in [0.1, 0.15) is 11.9 Å². The Kier molecular flexibility index (Phi) is 4.95. The van der Waals surface area contributed by atoms with Crippen molar-refractivity contribution in [1.29, 1.82) is 0 Å². The number of hydrogen-bond acceptors (Lipinski definition) is 7. The Morgan fingerprint density at radius 2 is 2.09 bits per heavy atom. The van der Waals surface area contributed by atoms with Gasteiger partial charge in [0.25, 0.3) is 5.56 Å². The van der Waals surface area contributed by atoms with Gasteiger partial charge in [-0.1, -0.05) is 0 Å². The number of fused-ring (bicyclic) bond motifs is 3. The Morgan fingerprint density at radius 1 is 1.28 bits per heavy atom. The molecule has 8 nitrogen and oxygen atoms in total. The van der Waals surface area contributed by atoms with Crippen LogP contribution in [0.5, 0.6) is 0 Å². The smallest absolute Gasteiger partial charge is 0.374 e. The fourth-order valence-electron chi connectivity index (χ4n) is 4.76. The van der Waals surface area contributed by atoms with Gasteiger partial charge in [-0.05, 0) is 31.4 Å². The van der Waals surface area contributed by atoms with Gasteiger partial charge in [-0.2, -0.15) is 18.2 Å². The van der Waals surface area contributed by atoms with Gasteiger partial charge < -0.3 is 14.5 Å². The van der Waals surface area contributed by atoms with Gasteiger partial charge in [0.15, 0.2) is 5.78 Å². The van der Waals surface area contributed by atoms with Crippen LogP contribution in [0.4, 0.5) is 24.9 Å². The Morgan fingerprint density at radius 3 is 2.75 bits per heavy atom. The number of Topliss-reactive ketones (excluding diaryl/α,β-unsaturated/α-hetero) is 1. The molecule has 2 unspecified atom stereocenters. The maximum absolute atomic E-state index is 13.9. The van der Waals surface area contributed by atoms with Crippen LogP contribution in [0, 0.1) is 6.92 Å². The molecule has 0 N–H and O–H groups in total. The number of ether oxygens (including phenoxy) is 1. The van der Waals surface area contributed by atoms with Gasteiger partial charge >= 0.3 is 6.18 Å². The van der Waals surface area contributed by atoms with Crippen molar-refractivity contribution in [2.75, 3.05) is 29.5 Å². The number of morpholine rings is 1. The molecule has 0 spiro atoms. The van der Waals surface area contributed by atoms with Gasteiger partial charge in [-0.25, -0.2) is 0 Å². The molecule has 11 heteroatoms. The Labute approximate surface area is 181 Å². The van der Waals surface area contributed by atoms with E-state index in [2.05, 4.69) is 9.97 Å². The number of pyridine rings is 1. The fourth-order valence-corrected chi connectivity index (χ4v) is 4.76. The molecule has 3 aliphatic heterocycles. The molecule has 2 aromatic heterocycles. The summed E-state index contributed by atoms with van der Waals surface area (Å²) in [6.45, 7) is 2.12. The van der Waals surface area contributed by atoms with Crippen LogP contribution in [-0.2, 0) is 11.3 Å². The van der Waals surface area contributed by atoms with E-state index in [-0.39, 0.29) is 36.6 Å². The largest absolute Gasteiger partial charge is 0.408 e. The van der Waals surface area contributed by atoms with E-state index in [9.17, 15) is 22.8 Å². The summed E-state index contributed by atoms with van der Waals surface area (Å²) in [6.07, 6.45) is -1.18. The van der Waals surface area contributed by atoms with E-state index in [0.717, 1.165) is 16.9 Å². The van der Waals surface area contributed by atoms with Crippen LogP contribution < -0.4 is 15.4 Å². The highest BCUT2D eigenvalue weighted by Crippen LogP contribution is 2.36. The molecular formula is C21H22F3N5O3. The Bertz CT molecular complexity index is 1120. The summed E-state index contributed by atoms with van der Waals surface area (Å²) in [4.78, 5) is 37.0. The number of rotatable bonds is 4. The molecule has 2 bridgehead atoms. The number of carbonyl (C=O) groups excluding carboxylic acids is 1. The molecule has 5 rings (SSSR count). The predicted octanol–water partition coefficient (Wildman–Crippen LogP) is 1.95. The zero-order chi connectivity index (χ0) is 22.6. The first kappa shape index (κ1) is 20.9. The number of anilines is 2. The summed E-state index contributed by atoms with van der Waals surface area (Å²) < 4.78 is 48.6. The van der Waals surface area contributed by atoms with Crippen molar-refractivity contribution >= 4 is 17.5 Å². The molecule has 3 aliphatic rings. The van der Waals surface area contributed by atoms with Gasteiger partial charge in [0.05, 0.1) is 25.3 Å². The van der Waals surface area contributed by atoms with Crippen LogP contribution in [0.25, 0.3) is 0 Å². The van der Waals surface area contributed by atoms with Crippen LogP contribution in [0.3, 0.4) is 0 Å². The van der Waals surface area contributed by atoms with E-state index >= 15 is 0 Å². The minimum atomic E-state index is -4.58. The third kappa shape index (κ3) is 3.64. The maximum Gasteiger partial charge on any atom is 0.408 e. The van der Waals surface area contributed by atoms with Gasteiger partial charge in [0, 0.05) is 37.1 Å². The summed E-state index contributed by atoms with van der Waals surface area (Å²) in [5.74, 6) is -0.314. The first-order valence-corrected chi connectivity index (χ1v) is 10.5. The highest BCUT2D eigenvalue weighted by atomic mass is 19.4. The topological polar surface area (TPSA) is 80.6 Å². The van der Waals surface area contributed by atoms with Gasteiger partial charge in [-0.3, -0.25) is 19.1 Å². The predicted molar refractivity (Wildman–Crippen MR) is 109 cm³/mol. The van der Waals surface area contributed by atoms with Crippen molar-refractivity contribution < 1.29 is 22.7 Å². The van der Waals surface area contributed by atoms with Crippen LogP contribution in [0.1, 0.15) is 28.8 Å². The lowest BCUT2D eigenvalue weighted by molar-refractivity contribution is -0.152. The standard InChI is InChI=1S/C21H22F3N5O3/c1-12-4-13(8-25-7-12)16(30)10-29-17(21(22,23)24)2-3-27-19(31)6-18(26-20(27)29)28-9-15-5-14(28)11-32-15/h4,6-8,14-15,17H,2-3,5,9-11H2,1H3/t14?,15?,17-/m0/s1. The van der Waals surface area contributed by atoms with Gasteiger partial charge in [0.2, 0.25) is 5.95 Å². The van der Waals surface area contributed by atoms with Crippen molar-refractivity contribution in [3.63, 3.8) is 0 Å². The number of hydrogen-bond donors (Lipinski definition) is 0. The Balaban J connectivity index is 1.54. The molecule has 2 saturated heterocycles. The highest BCUT2D eigenvalue weighted by Gasteiger charge is 2.48. The second kappa shape index (κ2) is 7.58. The number of alkyl halides is 3. The molecule has 2 aromatic rings. The van der Waals surface area contributed by atoms with Crippen LogP contribution in [0.2, 0.25) is 0 Å². The lowest BCUT2D eigenvalue weighted by Gasteiger charge is -2.39. The molecule has 0 radical (unpaired) electrons. The van der Waals surface area contributed by atoms with Crippen molar-refractivity contribution in [2.45, 2.75) is 50.7 Å². The number of aromatic nitrogens is 3. The van der Waals surface area contributed by atoms with Crippen LogP contribution in [0.15, 0.2) is 29.3 Å². The Hall–Kier alpha value is -2.95. The third-order valence-corrected chi connectivity index (χ3v) is 6.32. The number of carbonyl (C=O) groups is 1. The summed E-state index contributed by atoms with van der Waals surface area (Å²) in [5.41, 5.74) is 0.518. The van der Waals surface area contributed by atoms with E-state index in [4.69, 9.17) is 4.74 Å². The average molecular weight is 449 g/mol. The molecule has 2 fully saturated rings. The minimum Gasteiger partial charge on any atom is -0.374 e. The zero-order valence-corrected chi connectivity index (χ0v) is 17.4. The molecular weight excluding hydrogens is 427 g/mol. The summed E-state index contributed by atoms with van der Waals surface area (Å²) in [5, 5.41) is 0. The number of aryl methyl sites for hydroxylation is 1. The second-order valence-electron chi connectivity index (χ2n) is 8.55. The molecule has 32 heavy (non-hydrogen) atoms. The molecule has 3 atom stereocenters. The van der Waals surface area contributed by atoms with E-state index in [1.165, 1.54) is 16.8 Å².